The van der Waals surface area contributed by atoms with Crippen LogP contribution in [0.3, 0.4) is 0 Å². The molecule has 1 fully saturated rings. The Hall–Kier alpha value is -1.54. The maximum atomic E-state index is 6.68. The lowest BCUT2D eigenvalue weighted by Crippen LogP contribution is -2.35. The highest BCUT2D eigenvalue weighted by Gasteiger charge is 2.26. The van der Waals surface area contributed by atoms with E-state index >= 15 is 0 Å². The maximum absolute atomic E-state index is 6.68. The predicted molar refractivity (Wildman–Crippen MR) is 139 cm³/mol. The van der Waals surface area contributed by atoms with Gasteiger partial charge < -0.3 is 20.4 Å². The van der Waals surface area contributed by atoms with E-state index in [1.54, 1.807) is 11.8 Å². The monoisotopic (exact) mass is 494 g/mol. The minimum Gasteiger partial charge on any atom is -0.362 e. The van der Waals surface area contributed by atoms with E-state index in [0.29, 0.717) is 6.54 Å². The molecule has 1 aliphatic heterocycles. The first-order chi connectivity index (χ1) is 14.7. The second kappa shape index (κ2) is 13.2. The van der Waals surface area contributed by atoms with Crippen LogP contribution in [-0.4, -0.2) is 53.4 Å². The Labute approximate surface area is 207 Å². The van der Waals surface area contributed by atoms with Crippen molar-refractivity contribution in [1.29, 1.82) is 0 Å². The van der Waals surface area contributed by atoms with Crippen molar-refractivity contribution in [3.63, 3.8) is 0 Å². The number of aromatic nitrogens is 2. The minimum atomic E-state index is -0.203. The van der Waals surface area contributed by atoms with Gasteiger partial charge in [-0.2, -0.15) is 0 Å². The molecule has 1 saturated heterocycles. The summed E-state index contributed by atoms with van der Waals surface area (Å²) in [5, 5.41) is 0. The van der Waals surface area contributed by atoms with E-state index in [1.807, 2.05) is 24.3 Å². The number of thioether (sulfide) groups is 1. The van der Waals surface area contributed by atoms with Gasteiger partial charge in [0, 0.05) is 30.3 Å². The number of benzene rings is 2. The van der Waals surface area contributed by atoms with Crippen LogP contribution in [0.15, 0.2) is 65.6 Å². The second-order valence-electron chi connectivity index (χ2n) is 7.75. The zero-order valence-electron chi connectivity index (χ0n) is 18.3. The Morgan fingerprint density at radius 2 is 1.94 bits per heavy atom. The molecule has 2 heterocycles. The molecule has 8 heteroatoms. The molecule has 0 amide bonds. The summed E-state index contributed by atoms with van der Waals surface area (Å²) >= 11 is 1.80. The fourth-order valence-electron chi connectivity index (χ4n) is 3.79. The van der Waals surface area contributed by atoms with Gasteiger partial charge in [-0.25, -0.2) is 4.98 Å². The fraction of sp³-hybridized carbons (Fsp3) is 0.375. The third kappa shape index (κ3) is 6.98. The number of halogens is 2. The fourth-order valence-corrected chi connectivity index (χ4v) is 4.61. The van der Waals surface area contributed by atoms with Crippen LogP contribution in [0.2, 0.25) is 0 Å². The minimum absolute atomic E-state index is 0. The molecule has 2 aromatic carbocycles. The van der Waals surface area contributed by atoms with Crippen molar-refractivity contribution >= 4 is 47.6 Å². The first kappa shape index (κ1) is 26.7. The number of hydrogen-bond donors (Lipinski definition) is 2. The van der Waals surface area contributed by atoms with Crippen molar-refractivity contribution in [1.82, 2.24) is 14.9 Å². The van der Waals surface area contributed by atoms with E-state index < -0.39 is 0 Å². The Morgan fingerprint density at radius 1 is 1.16 bits per heavy atom. The highest BCUT2D eigenvalue weighted by atomic mass is 35.5. The summed E-state index contributed by atoms with van der Waals surface area (Å²) in [5.41, 5.74) is 8.70. The van der Waals surface area contributed by atoms with Gasteiger partial charge in [0.15, 0.2) is 0 Å². The van der Waals surface area contributed by atoms with E-state index in [-0.39, 0.29) is 37.0 Å². The molecule has 3 aromatic rings. The van der Waals surface area contributed by atoms with E-state index in [9.17, 15) is 0 Å². The van der Waals surface area contributed by atoms with Gasteiger partial charge in [0.05, 0.1) is 17.1 Å². The highest BCUT2D eigenvalue weighted by Crippen LogP contribution is 2.32. The number of H-pyrrole nitrogens is 1. The average molecular weight is 496 g/mol. The van der Waals surface area contributed by atoms with E-state index in [0.717, 1.165) is 54.1 Å². The van der Waals surface area contributed by atoms with Gasteiger partial charge in [0.25, 0.3) is 0 Å². The van der Waals surface area contributed by atoms with Gasteiger partial charge in [-0.15, -0.1) is 36.6 Å². The molecule has 0 spiro atoms. The number of hydrogen-bond acceptors (Lipinski definition) is 5. The molecule has 1 atom stereocenters. The molecule has 4 rings (SSSR count). The summed E-state index contributed by atoms with van der Waals surface area (Å²) in [6.07, 6.45) is 6.24. The van der Waals surface area contributed by atoms with Crippen LogP contribution < -0.4 is 5.73 Å². The normalized spacial score (nSPS) is 16.1. The number of fused-ring (bicyclic) bond motifs is 1. The van der Waals surface area contributed by atoms with Gasteiger partial charge in [0.2, 0.25) is 0 Å². The Balaban J connectivity index is 0.00000181. The van der Waals surface area contributed by atoms with Crippen molar-refractivity contribution in [2.75, 3.05) is 32.4 Å². The smallest absolute Gasteiger partial charge is 0.141 e. The average Bonchev–Trinajstić information content (AvgIpc) is 3.20. The summed E-state index contributed by atoms with van der Waals surface area (Å²) in [4.78, 5) is 11.9. The molecule has 0 saturated carbocycles. The van der Waals surface area contributed by atoms with Crippen molar-refractivity contribution < 1.29 is 4.74 Å². The third-order valence-electron chi connectivity index (χ3n) is 5.46. The molecule has 1 aromatic heterocycles. The number of nitrogens with one attached hydrogen (secondary N) is 1. The van der Waals surface area contributed by atoms with Crippen LogP contribution in [-0.2, 0) is 4.74 Å². The van der Waals surface area contributed by atoms with Crippen LogP contribution in [0, 0.1) is 0 Å². The van der Waals surface area contributed by atoms with Crippen LogP contribution in [0.5, 0.6) is 0 Å². The summed E-state index contributed by atoms with van der Waals surface area (Å²) in [6.45, 7) is 2.72. The lowest BCUT2D eigenvalue weighted by Gasteiger charge is -2.31. The number of nitrogens with zero attached hydrogens (tertiary/aromatic N) is 2. The number of rotatable bonds is 8. The van der Waals surface area contributed by atoms with Crippen LogP contribution in [0.25, 0.3) is 11.0 Å². The first-order valence-electron chi connectivity index (χ1n) is 10.6. The highest BCUT2D eigenvalue weighted by molar-refractivity contribution is 7.99. The summed E-state index contributed by atoms with van der Waals surface area (Å²) in [7, 11) is 2.17. The summed E-state index contributed by atoms with van der Waals surface area (Å²) in [5.74, 6) is 1.78. The molecule has 5 nitrogen and oxygen atoms in total. The molecule has 1 unspecified atom stereocenters. The molecule has 3 N–H and O–H groups in total. The number of aromatic amines is 1. The predicted octanol–water partition coefficient (Wildman–Crippen LogP) is 5.21. The Kier molecular flexibility index (Phi) is 11.0. The SMILES string of the molecule is CN1CCC(OC(c2cccc(SCC=CCN)c2)c2nc3ccccc3[nH]2)CC1.Cl.Cl. The molecule has 32 heavy (non-hydrogen) atoms. The number of ether oxygens (including phenoxy) is 1. The first-order valence-corrected chi connectivity index (χ1v) is 11.6. The van der Waals surface area contributed by atoms with Gasteiger partial charge in [0.1, 0.15) is 11.9 Å². The molecule has 0 bridgehead atoms. The number of piperidine rings is 1. The zero-order chi connectivity index (χ0) is 20.8. The van der Waals surface area contributed by atoms with Gasteiger partial charge in [-0.1, -0.05) is 36.4 Å². The number of nitrogens with two attached hydrogens (primary N) is 1. The molecule has 174 valence electrons. The summed E-state index contributed by atoms with van der Waals surface area (Å²) in [6, 6.07) is 16.8. The molecular weight excluding hydrogens is 463 g/mol. The topological polar surface area (TPSA) is 67.2 Å². The Morgan fingerprint density at radius 3 is 2.69 bits per heavy atom. The molecule has 0 aliphatic carbocycles. The summed E-state index contributed by atoms with van der Waals surface area (Å²) < 4.78 is 6.68. The zero-order valence-corrected chi connectivity index (χ0v) is 20.7. The van der Waals surface area contributed by atoms with E-state index in [4.69, 9.17) is 15.5 Å². The van der Waals surface area contributed by atoms with Gasteiger partial charge >= 0.3 is 0 Å². The van der Waals surface area contributed by atoms with Crippen molar-refractivity contribution in [3.05, 3.63) is 72.1 Å². The van der Waals surface area contributed by atoms with Crippen molar-refractivity contribution in [2.24, 2.45) is 5.73 Å². The number of para-hydroxylation sites is 2. The van der Waals surface area contributed by atoms with E-state index in [1.165, 1.54) is 4.90 Å². The Bertz CT molecular complexity index is 956. The molecule has 1 aliphatic rings. The molecule has 0 radical (unpaired) electrons. The van der Waals surface area contributed by atoms with E-state index in [2.05, 4.69) is 53.3 Å². The van der Waals surface area contributed by atoms with Gasteiger partial charge in [-0.3, -0.25) is 0 Å². The van der Waals surface area contributed by atoms with Crippen LogP contribution in [0.1, 0.15) is 30.3 Å². The maximum Gasteiger partial charge on any atom is 0.141 e. The standard InChI is InChI=1S/C24H30N4OS.2ClH/c1-28-14-11-19(12-15-28)29-23(24-26-21-9-2-3-10-22(21)27-24)18-7-6-8-20(17-18)30-16-5-4-13-25;;/h2-10,17,19,23H,11-16,25H2,1H3,(H,26,27);2*1H. The van der Waals surface area contributed by atoms with Gasteiger partial charge in [-0.05, 0) is 49.7 Å². The number of likely N-dealkylation sites (tertiary alicyclic amines) is 1. The lowest BCUT2D eigenvalue weighted by molar-refractivity contribution is -0.0264. The number of imidazole rings is 1. The van der Waals surface area contributed by atoms with Crippen LogP contribution >= 0.6 is 36.6 Å². The quantitative estimate of drug-likeness (QED) is 0.332. The van der Waals surface area contributed by atoms with Crippen molar-refractivity contribution in [2.45, 2.75) is 29.9 Å². The largest absolute Gasteiger partial charge is 0.362 e. The lowest BCUT2D eigenvalue weighted by atomic mass is 10.1. The van der Waals surface area contributed by atoms with Crippen molar-refractivity contribution in [3.8, 4) is 0 Å². The molecular formula is C24H32Cl2N4OS. The second-order valence-corrected chi connectivity index (χ2v) is 8.84. The van der Waals surface area contributed by atoms with Crippen LogP contribution in [0.4, 0.5) is 0 Å². The third-order valence-corrected chi connectivity index (χ3v) is 6.41.